The Morgan fingerprint density at radius 1 is 1.59 bits per heavy atom. The zero-order valence-electron chi connectivity index (χ0n) is 10.1. The van der Waals surface area contributed by atoms with Gasteiger partial charge in [0, 0.05) is 12.7 Å². The van der Waals surface area contributed by atoms with E-state index < -0.39 is 0 Å². The lowest BCUT2D eigenvalue weighted by atomic mass is 10.2. The highest BCUT2D eigenvalue weighted by Crippen LogP contribution is 2.13. The van der Waals surface area contributed by atoms with Gasteiger partial charge in [0.2, 0.25) is 5.91 Å². The van der Waals surface area contributed by atoms with E-state index in [-0.39, 0.29) is 11.9 Å². The minimum absolute atomic E-state index is 0.00297. The van der Waals surface area contributed by atoms with Crippen LogP contribution in [0.3, 0.4) is 0 Å². The number of nitrogens with zero attached hydrogens (tertiary/aromatic N) is 3. The summed E-state index contributed by atoms with van der Waals surface area (Å²) in [7, 11) is 0. The molecule has 1 N–H and O–H groups in total. The average Bonchev–Trinajstić information content (AvgIpc) is 2.70. The molecule has 2 heterocycles. The number of aromatic nitrogens is 2. The predicted octanol–water partition coefficient (Wildman–Crippen LogP) is 0.577. The Labute approximate surface area is 101 Å². The molecule has 5 heteroatoms. The molecule has 92 valence electrons. The van der Waals surface area contributed by atoms with Crippen LogP contribution in [0.1, 0.15) is 25.5 Å². The molecule has 1 fully saturated rings. The molecule has 0 radical (unpaired) electrons. The largest absolute Gasteiger partial charge is 0.335 e. The van der Waals surface area contributed by atoms with Gasteiger partial charge in [0.25, 0.3) is 0 Å². The molecule has 2 rings (SSSR count). The highest BCUT2D eigenvalue weighted by atomic mass is 16.2. The maximum atomic E-state index is 12.0. The van der Waals surface area contributed by atoms with Crippen LogP contribution in [-0.2, 0) is 11.3 Å². The Balaban J connectivity index is 1.89. The van der Waals surface area contributed by atoms with Crippen molar-refractivity contribution in [1.29, 1.82) is 0 Å². The fourth-order valence-electron chi connectivity index (χ4n) is 2.01. The van der Waals surface area contributed by atoms with Gasteiger partial charge < -0.3 is 10.2 Å². The topological polar surface area (TPSA) is 58.1 Å². The van der Waals surface area contributed by atoms with Crippen molar-refractivity contribution in [3.63, 3.8) is 0 Å². The third-order valence-corrected chi connectivity index (χ3v) is 2.93. The summed E-state index contributed by atoms with van der Waals surface area (Å²) < 4.78 is 0. The Morgan fingerprint density at radius 3 is 3.18 bits per heavy atom. The van der Waals surface area contributed by atoms with Crippen molar-refractivity contribution >= 4 is 5.91 Å². The standard InChI is InChI=1S/C12H18N4O/c1-2-5-14-11-4-7-16(12(11)17)8-10-3-6-13-9-15-10/h3,6,9,11,14H,2,4-5,7-8H2,1H3. The number of amides is 1. The van der Waals surface area contributed by atoms with Gasteiger partial charge in [-0.3, -0.25) is 4.79 Å². The molecule has 0 bridgehead atoms. The van der Waals surface area contributed by atoms with E-state index in [1.54, 1.807) is 6.20 Å². The zero-order valence-corrected chi connectivity index (χ0v) is 10.1. The number of hydrogen-bond donors (Lipinski definition) is 1. The van der Waals surface area contributed by atoms with Gasteiger partial charge in [0.15, 0.2) is 0 Å². The molecule has 1 atom stereocenters. The monoisotopic (exact) mass is 234 g/mol. The molecule has 1 aliphatic rings. The minimum Gasteiger partial charge on any atom is -0.335 e. The Morgan fingerprint density at radius 2 is 2.47 bits per heavy atom. The molecular formula is C12H18N4O. The predicted molar refractivity (Wildman–Crippen MR) is 64.1 cm³/mol. The van der Waals surface area contributed by atoms with Crippen LogP contribution in [-0.4, -0.2) is 39.9 Å². The van der Waals surface area contributed by atoms with Gasteiger partial charge in [-0.15, -0.1) is 0 Å². The molecule has 1 saturated heterocycles. The average molecular weight is 234 g/mol. The van der Waals surface area contributed by atoms with Crippen LogP contribution in [0.25, 0.3) is 0 Å². The summed E-state index contributed by atoms with van der Waals surface area (Å²) in [6.07, 6.45) is 5.16. The molecule has 17 heavy (non-hydrogen) atoms. The normalized spacial score (nSPS) is 19.9. The maximum Gasteiger partial charge on any atom is 0.240 e. The molecule has 1 amide bonds. The van der Waals surface area contributed by atoms with Crippen LogP contribution >= 0.6 is 0 Å². The Hall–Kier alpha value is -1.49. The van der Waals surface area contributed by atoms with Crippen molar-refractivity contribution in [2.24, 2.45) is 0 Å². The fourth-order valence-corrected chi connectivity index (χ4v) is 2.01. The number of rotatable bonds is 5. The number of nitrogens with one attached hydrogen (secondary N) is 1. The van der Waals surface area contributed by atoms with E-state index >= 15 is 0 Å². The molecule has 1 aromatic heterocycles. The first-order chi connectivity index (χ1) is 8.31. The number of likely N-dealkylation sites (tertiary alicyclic amines) is 1. The van der Waals surface area contributed by atoms with Gasteiger partial charge in [-0.25, -0.2) is 9.97 Å². The quantitative estimate of drug-likeness (QED) is 0.809. The van der Waals surface area contributed by atoms with Crippen LogP contribution in [0, 0.1) is 0 Å². The van der Waals surface area contributed by atoms with Crippen LogP contribution in [0.4, 0.5) is 0 Å². The molecule has 5 nitrogen and oxygen atoms in total. The lowest BCUT2D eigenvalue weighted by Crippen LogP contribution is -2.38. The first kappa shape index (κ1) is 12.0. The van der Waals surface area contributed by atoms with Crippen molar-refractivity contribution < 1.29 is 4.79 Å². The number of carbonyl (C=O) groups is 1. The molecule has 1 aliphatic heterocycles. The fraction of sp³-hybridized carbons (Fsp3) is 0.583. The number of hydrogen-bond acceptors (Lipinski definition) is 4. The van der Waals surface area contributed by atoms with Crippen molar-refractivity contribution in [1.82, 2.24) is 20.2 Å². The minimum atomic E-state index is -0.00297. The van der Waals surface area contributed by atoms with Crippen LogP contribution in [0.5, 0.6) is 0 Å². The highest BCUT2D eigenvalue weighted by molar-refractivity contribution is 5.83. The van der Waals surface area contributed by atoms with E-state index in [1.165, 1.54) is 6.33 Å². The molecule has 1 aromatic rings. The molecule has 0 spiro atoms. The van der Waals surface area contributed by atoms with Crippen molar-refractivity contribution in [3.05, 3.63) is 24.3 Å². The van der Waals surface area contributed by atoms with E-state index in [0.29, 0.717) is 6.54 Å². The van der Waals surface area contributed by atoms with E-state index in [0.717, 1.165) is 31.6 Å². The lowest BCUT2D eigenvalue weighted by molar-refractivity contribution is -0.129. The summed E-state index contributed by atoms with van der Waals surface area (Å²) >= 11 is 0. The summed E-state index contributed by atoms with van der Waals surface area (Å²) in [5, 5.41) is 3.27. The van der Waals surface area contributed by atoms with Gasteiger partial charge in [-0.05, 0) is 25.5 Å². The van der Waals surface area contributed by atoms with E-state index in [9.17, 15) is 4.79 Å². The summed E-state index contributed by atoms with van der Waals surface area (Å²) in [6.45, 7) is 4.40. The smallest absolute Gasteiger partial charge is 0.240 e. The molecule has 1 unspecified atom stereocenters. The van der Waals surface area contributed by atoms with Gasteiger partial charge in [0.05, 0.1) is 18.3 Å². The van der Waals surface area contributed by atoms with Gasteiger partial charge in [-0.1, -0.05) is 6.92 Å². The third kappa shape index (κ3) is 3.00. The second-order valence-corrected chi connectivity index (χ2v) is 4.26. The first-order valence-electron chi connectivity index (χ1n) is 6.08. The van der Waals surface area contributed by atoms with E-state index in [2.05, 4.69) is 22.2 Å². The van der Waals surface area contributed by atoms with Crippen molar-refractivity contribution in [3.8, 4) is 0 Å². The van der Waals surface area contributed by atoms with Crippen LogP contribution in [0.2, 0.25) is 0 Å². The van der Waals surface area contributed by atoms with Crippen LogP contribution in [0.15, 0.2) is 18.6 Å². The maximum absolute atomic E-state index is 12.0. The zero-order chi connectivity index (χ0) is 12.1. The van der Waals surface area contributed by atoms with Gasteiger partial charge >= 0.3 is 0 Å². The molecular weight excluding hydrogens is 216 g/mol. The number of carbonyl (C=O) groups excluding carboxylic acids is 1. The van der Waals surface area contributed by atoms with Crippen molar-refractivity contribution in [2.75, 3.05) is 13.1 Å². The Bertz CT molecular complexity index is 368. The third-order valence-electron chi connectivity index (χ3n) is 2.93. The summed E-state index contributed by atoms with van der Waals surface area (Å²) in [6, 6.07) is 1.84. The summed E-state index contributed by atoms with van der Waals surface area (Å²) in [5.41, 5.74) is 0.893. The van der Waals surface area contributed by atoms with Gasteiger partial charge in [0.1, 0.15) is 6.33 Å². The molecule has 0 aromatic carbocycles. The lowest BCUT2D eigenvalue weighted by Gasteiger charge is -2.16. The second kappa shape index (κ2) is 5.72. The van der Waals surface area contributed by atoms with Crippen LogP contribution < -0.4 is 5.32 Å². The van der Waals surface area contributed by atoms with E-state index in [4.69, 9.17) is 0 Å². The van der Waals surface area contributed by atoms with Gasteiger partial charge in [-0.2, -0.15) is 0 Å². The summed E-state index contributed by atoms with van der Waals surface area (Å²) in [4.78, 5) is 21.9. The highest BCUT2D eigenvalue weighted by Gasteiger charge is 2.30. The van der Waals surface area contributed by atoms with E-state index in [1.807, 2.05) is 11.0 Å². The molecule has 0 saturated carbocycles. The van der Waals surface area contributed by atoms with Crippen molar-refractivity contribution in [2.45, 2.75) is 32.4 Å². The first-order valence-corrected chi connectivity index (χ1v) is 6.08. The summed E-state index contributed by atoms with van der Waals surface area (Å²) in [5.74, 6) is 0.192. The molecule has 0 aliphatic carbocycles. The second-order valence-electron chi connectivity index (χ2n) is 4.26. The Kier molecular flexibility index (Phi) is 4.03. The SMILES string of the molecule is CCCNC1CCN(Cc2ccncn2)C1=O.